The van der Waals surface area contributed by atoms with Gasteiger partial charge in [-0.3, -0.25) is 4.79 Å². The number of aromatic nitrogens is 1. The van der Waals surface area contributed by atoms with Crippen LogP contribution in [0.2, 0.25) is 0 Å². The SMILES string of the molecule is CC(=O)NCCC1CCc2ccc3nc(CCC(C)COc4ccccc4)oc3c21. The van der Waals surface area contributed by atoms with Crippen LogP contribution in [0.1, 0.15) is 56.0 Å². The Labute approximate surface area is 177 Å². The molecule has 4 rings (SSSR count). The Morgan fingerprint density at radius 2 is 2.10 bits per heavy atom. The minimum absolute atomic E-state index is 0.0266. The number of fused-ring (bicyclic) bond motifs is 3. The van der Waals surface area contributed by atoms with Gasteiger partial charge in [-0.25, -0.2) is 4.98 Å². The summed E-state index contributed by atoms with van der Waals surface area (Å²) in [4.78, 5) is 15.9. The molecule has 30 heavy (non-hydrogen) atoms. The summed E-state index contributed by atoms with van der Waals surface area (Å²) in [5, 5.41) is 2.92. The van der Waals surface area contributed by atoms with Gasteiger partial charge in [-0.15, -0.1) is 0 Å². The highest BCUT2D eigenvalue weighted by Gasteiger charge is 2.27. The minimum atomic E-state index is 0.0266. The summed E-state index contributed by atoms with van der Waals surface area (Å²) >= 11 is 0. The van der Waals surface area contributed by atoms with Crippen molar-refractivity contribution in [3.05, 3.63) is 59.5 Å². The van der Waals surface area contributed by atoms with Crippen LogP contribution in [0.5, 0.6) is 5.75 Å². The molecule has 2 aromatic carbocycles. The van der Waals surface area contributed by atoms with Gasteiger partial charge in [-0.2, -0.15) is 0 Å². The first kappa shape index (κ1) is 20.5. The largest absolute Gasteiger partial charge is 0.493 e. The molecule has 1 aromatic heterocycles. The Bertz CT molecular complexity index is 996. The summed E-state index contributed by atoms with van der Waals surface area (Å²) < 4.78 is 12.1. The van der Waals surface area contributed by atoms with E-state index < -0.39 is 0 Å². The molecule has 1 aliphatic carbocycles. The summed E-state index contributed by atoms with van der Waals surface area (Å²) in [6.45, 7) is 5.15. The summed E-state index contributed by atoms with van der Waals surface area (Å²) in [6, 6.07) is 14.2. The predicted octanol–water partition coefficient (Wildman–Crippen LogP) is 5.03. The average Bonchev–Trinajstić information content (AvgIpc) is 3.34. The third-order valence-electron chi connectivity index (χ3n) is 5.90. The summed E-state index contributed by atoms with van der Waals surface area (Å²) in [7, 11) is 0. The number of carbonyl (C=O) groups excluding carboxylic acids is 1. The molecule has 0 saturated carbocycles. The first-order valence-corrected chi connectivity index (χ1v) is 10.9. The number of para-hydroxylation sites is 1. The molecule has 0 bridgehead atoms. The van der Waals surface area contributed by atoms with E-state index in [4.69, 9.17) is 14.1 Å². The molecule has 2 atom stereocenters. The van der Waals surface area contributed by atoms with Crippen LogP contribution in [0.3, 0.4) is 0 Å². The lowest BCUT2D eigenvalue weighted by Gasteiger charge is -2.12. The molecule has 0 aliphatic heterocycles. The first-order valence-electron chi connectivity index (χ1n) is 10.9. The minimum Gasteiger partial charge on any atom is -0.493 e. The van der Waals surface area contributed by atoms with Crippen molar-refractivity contribution < 1.29 is 13.9 Å². The van der Waals surface area contributed by atoms with E-state index in [9.17, 15) is 4.79 Å². The number of rotatable bonds is 9. The second kappa shape index (κ2) is 9.33. The number of aryl methyl sites for hydroxylation is 2. The van der Waals surface area contributed by atoms with Crippen molar-refractivity contribution in [1.82, 2.24) is 10.3 Å². The first-order chi connectivity index (χ1) is 14.6. The topological polar surface area (TPSA) is 64.4 Å². The predicted molar refractivity (Wildman–Crippen MR) is 118 cm³/mol. The van der Waals surface area contributed by atoms with E-state index in [-0.39, 0.29) is 5.91 Å². The smallest absolute Gasteiger partial charge is 0.216 e. The second-order valence-corrected chi connectivity index (χ2v) is 8.37. The number of hydrogen-bond donors (Lipinski definition) is 1. The third kappa shape index (κ3) is 4.84. The molecule has 2 unspecified atom stereocenters. The van der Waals surface area contributed by atoms with Gasteiger partial charge in [0.1, 0.15) is 11.3 Å². The van der Waals surface area contributed by atoms with E-state index >= 15 is 0 Å². The van der Waals surface area contributed by atoms with Crippen molar-refractivity contribution in [1.29, 1.82) is 0 Å². The number of amides is 1. The summed E-state index contributed by atoms with van der Waals surface area (Å²) in [6.07, 6.45) is 4.89. The molecule has 1 aliphatic rings. The van der Waals surface area contributed by atoms with E-state index in [0.717, 1.165) is 54.8 Å². The number of carbonyl (C=O) groups is 1. The van der Waals surface area contributed by atoms with Gasteiger partial charge in [-0.05, 0) is 61.3 Å². The maximum atomic E-state index is 11.2. The standard InChI is InChI=1S/C25H30N2O3/c1-17(16-29-21-6-4-3-5-7-21)8-13-23-27-22-12-11-19-9-10-20(14-15-26-18(2)28)24(19)25(22)30-23/h3-7,11-12,17,20H,8-10,13-16H2,1-2H3,(H,26,28). The van der Waals surface area contributed by atoms with Crippen LogP contribution in [-0.4, -0.2) is 24.0 Å². The Morgan fingerprint density at radius 3 is 2.90 bits per heavy atom. The zero-order valence-corrected chi connectivity index (χ0v) is 17.8. The Hall–Kier alpha value is -2.82. The van der Waals surface area contributed by atoms with Crippen LogP contribution in [0.15, 0.2) is 46.9 Å². The number of benzene rings is 2. The Kier molecular flexibility index (Phi) is 6.36. The lowest BCUT2D eigenvalue weighted by atomic mass is 9.97. The number of oxazole rings is 1. The van der Waals surface area contributed by atoms with Crippen molar-refractivity contribution in [3.8, 4) is 5.75 Å². The highest BCUT2D eigenvalue weighted by molar-refractivity contribution is 5.79. The van der Waals surface area contributed by atoms with Crippen molar-refractivity contribution in [2.75, 3.05) is 13.2 Å². The number of nitrogens with one attached hydrogen (secondary N) is 1. The highest BCUT2D eigenvalue weighted by Crippen LogP contribution is 2.40. The number of hydrogen-bond acceptors (Lipinski definition) is 4. The van der Waals surface area contributed by atoms with E-state index in [1.54, 1.807) is 6.92 Å². The lowest BCUT2D eigenvalue weighted by Crippen LogP contribution is -2.22. The van der Waals surface area contributed by atoms with Crippen molar-refractivity contribution >= 4 is 17.0 Å². The Balaban J connectivity index is 1.38. The van der Waals surface area contributed by atoms with Crippen molar-refractivity contribution in [3.63, 3.8) is 0 Å². The number of ether oxygens (including phenoxy) is 1. The van der Waals surface area contributed by atoms with Crippen LogP contribution < -0.4 is 10.1 Å². The molecule has 1 amide bonds. The van der Waals surface area contributed by atoms with Gasteiger partial charge in [0.05, 0.1) is 6.61 Å². The second-order valence-electron chi connectivity index (χ2n) is 8.37. The lowest BCUT2D eigenvalue weighted by molar-refractivity contribution is -0.118. The fourth-order valence-electron chi connectivity index (χ4n) is 4.27. The maximum absolute atomic E-state index is 11.2. The van der Waals surface area contributed by atoms with Crippen LogP contribution in [0.4, 0.5) is 0 Å². The highest BCUT2D eigenvalue weighted by atomic mass is 16.5. The molecular weight excluding hydrogens is 376 g/mol. The van der Waals surface area contributed by atoms with Gasteiger partial charge in [0.2, 0.25) is 5.91 Å². The maximum Gasteiger partial charge on any atom is 0.216 e. The van der Waals surface area contributed by atoms with E-state index in [0.29, 0.717) is 25.0 Å². The quantitative estimate of drug-likeness (QED) is 0.541. The van der Waals surface area contributed by atoms with Gasteiger partial charge in [0, 0.05) is 25.5 Å². The average molecular weight is 407 g/mol. The molecule has 0 fully saturated rings. The fraction of sp³-hybridized carbons (Fsp3) is 0.440. The van der Waals surface area contributed by atoms with E-state index in [1.165, 1.54) is 11.1 Å². The normalized spacial score (nSPS) is 16.4. The van der Waals surface area contributed by atoms with Crippen LogP contribution in [-0.2, 0) is 17.6 Å². The van der Waals surface area contributed by atoms with E-state index in [2.05, 4.69) is 24.4 Å². The van der Waals surface area contributed by atoms with Gasteiger partial charge >= 0.3 is 0 Å². The van der Waals surface area contributed by atoms with Crippen LogP contribution in [0.25, 0.3) is 11.1 Å². The van der Waals surface area contributed by atoms with Crippen LogP contribution >= 0.6 is 0 Å². The zero-order chi connectivity index (χ0) is 20.9. The van der Waals surface area contributed by atoms with Gasteiger partial charge < -0.3 is 14.5 Å². The molecule has 1 heterocycles. The summed E-state index contributed by atoms with van der Waals surface area (Å²) in [5.74, 6) is 2.58. The third-order valence-corrected chi connectivity index (χ3v) is 5.90. The summed E-state index contributed by atoms with van der Waals surface area (Å²) in [5.41, 5.74) is 4.56. The molecule has 5 heteroatoms. The molecule has 0 saturated heterocycles. The van der Waals surface area contributed by atoms with E-state index in [1.807, 2.05) is 30.3 Å². The molecule has 158 valence electrons. The zero-order valence-electron chi connectivity index (χ0n) is 17.8. The molecule has 3 aromatic rings. The van der Waals surface area contributed by atoms with Gasteiger partial charge in [0.15, 0.2) is 11.5 Å². The molecular formula is C25H30N2O3. The van der Waals surface area contributed by atoms with Crippen molar-refractivity contribution in [2.24, 2.45) is 5.92 Å². The van der Waals surface area contributed by atoms with Gasteiger partial charge in [0.25, 0.3) is 0 Å². The van der Waals surface area contributed by atoms with Crippen molar-refractivity contribution in [2.45, 2.75) is 51.9 Å². The molecule has 0 spiro atoms. The monoisotopic (exact) mass is 406 g/mol. The fourth-order valence-corrected chi connectivity index (χ4v) is 4.27. The molecule has 1 N–H and O–H groups in total. The number of nitrogens with zero attached hydrogens (tertiary/aromatic N) is 1. The molecule has 0 radical (unpaired) electrons. The van der Waals surface area contributed by atoms with Crippen LogP contribution in [0, 0.1) is 5.92 Å². The van der Waals surface area contributed by atoms with Gasteiger partial charge in [-0.1, -0.05) is 31.2 Å². The molecule has 5 nitrogen and oxygen atoms in total. The Morgan fingerprint density at radius 1 is 1.27 bits per heavy atom.